The van der Waals surface area contributed by atoms with Crippen LogP contribution in [0.4, 0.5) is 4.39 Å². The van der Waals surface area contributed by atoms with Crippen molar-refractivity contribution in [3.8, 4) is 5.75 Å². The van der Waals surface area contributed by atoms with Crippen LogP contribution in [0.3, 0.4) is 0 Å². The molecule has 2 rings (SSSR count). The first kappa shape index (κ1) is 14.3. The lowest BCUT2D eigenvalue weighted by Gasteiger charge is -2.24. The Morgan fingerprint density at radius 2 is 2.21 bits per heavy atom. The van der Waals surface area contributed by atoms with Gasteiger partial charge in [0.1, 0.15) is 17.7 Å². The van der Waals surface area contributed by atoms with Crippen molar-refractivity contribution in [2.24, 2.45) is 11.8 Å². The highest BCUT2D eigenvalue weighted by atomic mass is 19.1. The minimum Gasteiger partial charge on any atom is -0.490 e. The number of ether oxygens (including phenoxy) is 1. The number of fused-ring (bicyclic) bond motifs is 1. The van der Waals surface area contributed by atoms with Crippen molar-refractivity contribution < 1.29 is 9.13 Å². The van der Waals surface area contributed by atoms with E-state index < -0.39 is 0 Å². The van der Waals surface area contributed by atoms with Gasteiger partial charge in [-0.15, -0.1) is 0 Å². The molecule has 3 heteroatoms. The Balaban J connectivity index is 1.94. The van der Waals surface area contributed by atoms with Crippen LogP contribution in [0.15, 0.2) is 18.2 Å². The summed E-state index contributed by atoms with van der Waals surface area (Å²) in [5, 5.41) is 3.42. The third kappa shape index (κ3) is 3.69. The van der Waals surface area contributed by atoms with E-state index in [0.717, 1.165) is 37.2 Å². The summed E-state index contributed by atoms with van der Waals surface area (Å²) < 4.78 is 19.1. The molecule has 1 aliphatic heterocycles. The molecule has 0 spiro atoms. The van der Waals surface area contributed by atoms with Gasteiger partial charge in [0.2, 0.25) is 0 Å². The van der Waals surface area contributed by atoms with E-state index in [-0.39, 0.29) is 11.9 Å². The predicted octanol–water partition coefficient (Wildman–Crippen LogP) is 3.40. The molecule has 1 aliphatic rings. The Bertz CT molecular complexity index is 419. The highest BCUT2D eigenvalue weighted by molar-refractivity contribution is 5.37. The van der Waals surface area contributed by atoms with Gasteiger partial charge in [-0.2, -0.15) is 0 Å². The Kier molecular flexibility index (Phi) is 4.81. The lowest BCUT2D eigenvalue weighted by atomic mass is 9.89. The summed E-state index contributed by atoms with van der Waals surface area (Å²) in [6.07, 6.45) is 2.06. The monoisotopic (exact) mass is 265 g/mol. The van der Waals surface area contributed by atoms with Gasteiger partial charge >= 0.3 is 0 Å². The molecule has 2 unspecified atom stereocenters. The SMILES string of the molecule is CCNCC(CC1Cc2cc(F)ccc2O1)C(C)C. The molecular formula is C16H24FNO. The quantitative estimate of drug-likeness (QED) is 0.851. The zero-order chi connectivity index (χ0) is 13.8. The standard InChI is InChI=1S/C16H24FNO/c1-4-18-10-13(11(2)3)9-15-8-12-7-14(17)5-6-16(12)19-15/h5-7,11,13,15,18H,4,8-10H2,1-3H3. The Hall–Kier alpha value is -1.09. The van der Waals surface area contributed by atoms with Gasteiger partial charge in [-0.1, -0.05) is 20.8 Å². The number of nitrogens with one attached hydrogen (secondary N) is 1. The lowest BCUT2D eigenvalue weighted by Crippen LogP contribution is -2.30. The van der Waals surface area contributed by atoms with Gasteiger partial charge in [0.15, 0.2) is 0 Å². The second-order valence-corrected chi connectivity index (χ2v) is 5.74. The third-order valence-corrected chi connectivity index (χ3v) is 3.93. The molecule has 0 aliphatic carbocycles. The normalized spacial score (nSPS) is 19.3. The van der Waals surface area contributed by atoms with Crippen molar-refractivity contribution >= 4 is 0 Å². The summed E-state index contributed by atoms with van der Waals surface area (Å²) in [6, 6.07) is 4.82. The van der Waals surface area contributed by atoms with Crippen molar-refractivity contribution in [3.05, 3.63) is 29.6 Å². The molecule has 0 radical (unpaired) electrons. The Morgan fingerprint density at radius 3 is 2.89 bits per heavy atom. The molecule has 2 atom stereocenters. The van der Waals surface area contributed by atoms with Gasteiger partial charge in [-0.3, -0.25) is 0 Å². The van der Waals surface area contributed by atoms with E-state index in [1.807, 2.05) is 0 Å². The van der Waals surface area contributed by atoms with Crippen LogP contribution in [0, 0.1) is 17.7 Å². The van der Waals surface area contributed by atoms with Gasteiger partial charge in [-0.05, 0) is 49.5 Å². The molecule has 1 aromatic rings. The average molecular weight is 265 g/mol. The Labute approximate surface area is 115 Å². The van der Waals surface area contributed by atoms with E-state index in [1.54, 1.807) is 12.1 Å². The molecular weight excluding hydrogens is 241 g/mol. The minimum absolute atomic E-state index is 0.170. The topological polar surface area (TPSA) is 21.3 Å². The molecule has 1 heterocycles. The number of halogens is 1. The summed E-state index contributed by atoms with van der Waals surface area (Å²) in [5.41, 5.74) is 1.01. The molecule has 2 nitrogen and oxygen atoms in total. The smallest absolute Gasteiger partial charge is 0.123 e. The predicted molar refractivity (Wildman–Crippen MR) is 76.0 cm³/mol. The van der Waals surface area contributed by atoms with Gasteiger partial charge in [0, 0.05) is 12.0 Å². The van der Waals surface area contributed by atoms with E-state index in [2.05, 4.69) is 26.1 Å². The first-order valence-electron chi connectivity index (χ1n) is 7.26. The van der Waals surface area contributed by atoms with Crippen molar-refractivity contribution in [1.29, 1.82) is 0 Å². The molecule has 0 saturated heterocycles. The van der Waals surface area contributed by atoms with Crippen LogP contribution < -0.4 is 10.1 Å². The maximum atomic E-state index is 13.2. The summed E-state index contributed by atoms with van der Waals surface area (Å²) in [6.45, 7) is 8.66. The second-order valence-electron chi connectivity index (χ2n) is 5.74. The summed E-state index contributed by atoms with van der Waals surface area (Å²) >= 11 is 0. The van der Waals surface area contributed by atoms with Crippen LogP contribution in [-0.4, -0.2) is 19.2 Å². The van der Waals surface area contributed by atoms with Crippen molar-refractivity contribution in [2.45, 2.75) is 39.7 Å². The van der Waals surface area contributed by atoms with Crippen molar-refractivity contribution in [1.82, 2.24) is 5.32 Å². The van der Waals surface area contributed by atoms with Gasteiger partial charge in [-0.25, -0.2) is 4.39 Å². The first-order chi connectivity index (χ1) is 9.10. The molecule has 19 heavy (non-hydrogen) atoms. The second kappa shape index (κ2) is 6.38. The fourth-order valence-corrected chi connectivity index (χ4v) is 2.68. The number of rotatable bonds is 6. The lowest BCUT2D eigenvalue weighted by molar-refractivity contribution is 0.173. The largest absolute Gasteiger partial charge is 0.490 e. The fraction of sp³-hybridized carbons (Fsp3) is 0.625. The van der Waals surface area contributed by atoms with Crippen LogP contribution in [0.25, 0.3) is 0 Å². The number of hydrogen-bond donors (Lipinski definition) is 1. The highest BCUT2D eigenvalue weighted by Crippen LogP contribution is 2.32. The third-order valence-electron chi connectivity index (χ3n) is 3.93. The zero-order valence-corrected chi connectivity index (χ0v) is 12.1. The van der Waals surface area contributed by atoms with Gasteiger partial charge in [0.25, 0.3) is 0 Å². The molecule has 0 aromatic heterocycles. The summed E-state index contributed by atoms with van der Waals surface area (Å²) in [7, 11) is 0. The molecule has 0 amide bonds. The molecule has 1 N–H and O–H groups in total. The minimum atomic E-state index is -0.170. The van der Waals surface area contributed by atoms with E-state index in [0.29, 0.717) is 11.8 Å². The number of benzene rings is 1. The van der Waals surface area contributed by atoms with Crippen LogP contribution in [0.1, 0.15) is 32.8 Å². The van der Waals surface area contributed by atoms with Crippen LogP contribution in [0.5, 0.6) is 5.75 Å². The van der Waals surface area contributed by atoms with Crippen molar-refractivity contribution in [2.75, 3.05) is 13.1 Å². The van der Waals surface area contributed by atoms with E-state index in [4.69, 9.17) is 4.74 Å². The van der Waals surface area contributed by atoms with E-state index >= 15 is 0 Å². The summed E-state index contributed by atoms with van der Waals surface area (Å²) in [4.78, 5) is 0. The molecule has 0 saturated carbocycles. The first-order valence-corrected chi connectivity index (χ1v) is 7.26. The van der Waals surface area contributed by atoms with Crippen LogP contribution in [-0.2, 0) is 6.42 Å². The van der Waals surface area contributed by atoms with Gasteiger partial charge in [0.05, 0.1) is 0 Å². The van der Waals surface area contributed by atoms with Crippen LogP contribution >= 0.6 is 0 Å². The molecule has 0 bridgehead atoms. The van der Waals surface area contributed by atoms with Crippen molar-refractivity contribution in [3.63, 3.8) is 0 Å². The van der Waals surface area contributed by atoms with E-state index in [1.165, 1.54) is 6.07 Å². The fourth-order valence-electron chi connectivity index (χ4n) is 2.68. The summed E-state index contributed by atoms with van der Waals surface area (Å²) in [5.74, 6) is 1.92. The molecule has 106 valence electrons. The molecule has 0 fully saturated rings. The maximum Gasteiger partial charge on any atom is 0.123 e. The Morgan fingerprint density at radius 1 is 1.42 bits per heavy atom. The average Bonchev–Trinajstić information content (AvgIpc) is 2.75. The van der Waals surface area contributed by atoms with E-state index in [9.17, 15) is 4.39 Å². The number of hydrogen-bond acceptors (Lipinski definition) is 2. The maximum absolute atomic E-state index is 13.2. The van der Waals surface area contributed by atoms with Crippen LogP contribution in [0.2, 0.25) is 0 Å². The van der Waals surface area contributed by atoms with Gasteiger partial charge < -0.3 is 10.1 Å². The molecule has 1 aromatic carbocycles. The highest BCUT2D eigenvalue weighted by Gasteiger charge is 2.27. The zero-order valence-electron chi connectivity index (χ0n) is 12.1.